The summed E-state index contributed by atoms with van der Waals surface area (Å²) in [4.78, 5) is 0. The van der Waals surface area contributed by atoms with Crippen LogP contribution < -0.4 is 20.5 Å². The van der Waals surface area contributed by atoms with Gasteiger partial charge in [-0.25, -0.2) is 0 Å². The van der Waals surface area contributed by atoms with E-state index in [4.69, 9.17) is 15.2 Å². The van der Waals surface area contributed by atoms with Crippen LogP contribution in [0.2, 0.25) is 0 Å². The smallest absolute Gasteiger partial charge is 0.130 e. The molecule has 1 heterocycles. The zero-order valence-corrected chi connectivity index (χ0v) is 12.0. The first kappa shape index (κ1) is 14.2. The second-order valence-electron chi connectivity index (χ2n) is 5.22. The molecule has 1 aromatic carbocycles. The van der Waals surface area contributed by atoms with Crippen molar-refractivity contribution in [2.24, 2.45) is 11.7 Å². The van der Waals surface area contributed by atoms with Crippen molar-refractivity contribution in [3.8, 4) is 11.5 Å². The Morgan fingerprint density at radius 3 is 2.74 bits per heavy atom. The van der Waals surface area contributed by atoms with Gasteiger partial charge in [-0.3, -0.25) is 0 Å². The molecule has 1 aromatic rings. The van der Waals surface area contributed by atoms with Crippen LogP contribution in [-0.4, -0.2) is 27.3 Å². The van der Waals surface area contributed by atoms with Crippen molar-refractivity contribution < 1.29 is 9.47 Å². The molecule has 106 valence electrons. The minimum absolute atomic E-state index is 0.0180. The van der Waals surface area contributed by atoms with Crippen molar-refractivity contribution in [3.05, 3.63) is 23.3 Å². The Balaban J connectivity index is 2.20. The van der Waals surface area contributed by atoms with E-state index in [0.29, 0.717) is 5.92 Å². The summed E-state index contributed by atoms with van der Waals surface area (Å²) in [5.41, 5.74) is 8.46. The van der Waals surface area contributed by atoms with E-state index in [9.17, 15) is 0 Å². The number of benzene rings is 1. The van der Waals surface area contributed by atoms with Gasteiger partial charge in [-0.1, -0.05) is 6.07 Å². The summed E-state index contributed by atoms with van der Waals surface area (Å²) in [6.45, 7) is 4.19. The highest BCUT2D eigenvalue weighted by molar-refractivity contribution is 5.50. The first-order valence-corrected chi connectivity index (χ1v) is 6.85. The second-order valence-corrected chi connectivity index (χ2v) is 5.22. The molecule has 0 aliphatic carbocycles. The quantitative estimate of drug-likeness (QED) is 0.854. The highest BCUT2D eigenvalue weighted by Crippen LogP contribution is 2.36. The van der Waals surface area contributed by atoms with Crippen LogP contribution in [-0.2, 0) is 0 Å². The second kappa shape index (κ2) is 6.26. The molecule has 0 radical (unpaired) electrons. The fourth-order valence-electron chi connectivity index (χ4n) is 2.88. The molecule has 19 heavy (non-hydrogen) atoms. The molecule has 0 amide bonds. The van der Waals surface area contributed by atoms with Gasteiger partial charge in [0.1, 0.15) is 11.5 Å². The van der Waals surface area contributed by atoms with Crippen LogP contribution in [0.1, 0.15) is 30.0 Å². The maximum atomic E-state index is 6.36. The summed E-state index contributed by atoms with van der Waals surface area (Å²) in [6, 6.07) is 4.02. The van der Waals surface area contributed by atoms with Gasteiger partial charge in [0.2, 0.25) is 0 Å². The number of methoxy groups -OCH3 is 2. The molecule has 0 spiro atoms. The largest absolute Gasteiger partial charge is 0.496 e. The summed E-state index contributed by atoms with van der Waals surface area (Å²) in [5.74, 6) is 2.37. The molecule has 4 nitrogen and oxygen atoms in total. The molecule has 1 aliphatic heterocycles. The van der Waals surface area contributed by atoms with E-state index in [2.05, 4.69) is 5.32 Å². The Labute approximate surface area is 115 Å². The number of hydrogen-bond donors (Lipinski definition) is 2. The molecular weight excluding hydrogens is 240 g/mol. The van der Waals surface area contributed by atoms with Gasteiger partial charge in [0, 0.05) is 17.2 Å². The molecule has 2 rings (SSSR count). The van der Waals surface area contributed by atoms with Crippen LogP contribution in [0.15, 0.2) is 12.1 Å². The first-order chi connectivity index (χ1) is 9.17. The summed E-state index contributed by atoms with van der Waals surface area (Å²) in [6.07, 6.45) is 2.21. The summed E-state index contributed by atoms with van der Waals surface area (Å²) < 4.78 is 10.9. The van der Waals surface area contributed by atoms with Gasteiger partial charge in [-0.05, 0) is 44.8 Å². The molecule has 2 unspecified atom stereocenters. The van der Waals surface area contributed by atoms with Crippen LogP contribution >= 0.6 is 0 Å². The molecule has 0 aromatic heterocycles. The van der Waals surface area contributed by atoms with E-state index in [0.717, 1.165) is 42.1 Å². The van der Waals surface area contributed by atoms with Gasteiger partial charge in [0.15, 0.2) is 0 Å². The van der Waals surface area contributed by atoms with E-state index in [-0.39, 0.29) is 6.04 Å². The lowest BCUT2D eigenvalue weighted by atomic mass is 9.93. The van der Waals surface area contributed by atoms with Gasteiger partial charge in [-0.2, -0.15) is 0 Å². The van der Waals surface area contributed by atoms with Crippen molar-refractivity contribution in [2.45, 2.75) is 25.8 Å². The third-order valence-electron chi connectivity index (χ3n) is 3.96. The average Bonchev–Trinajstić information content (AvgIpc) is 2.91. The summed E-state index contributed by atoms with van der Waals surface area (Å²) in [5, 5.41) is 3.38. The Bertz CT molecular complexity index is 428. The Morgan fingerprint density at radius 2 is 2.16 bits per heavy atom. The molecule has 0 saturated carbocycles. The van der Waals surface area contributed by atoms with Gasteiger partial charge in [0.05, 0.1) is 14.2 Å². The third kappa shape index (κ3) is 3.01. The van der Waals surface area contributed by atoms with E-state index >= 15 is 0 Å². The maximum Gasteiger partial charge on any atom is 0.130 e. The van der Waals surface area contributed by atoms with Crippen LogP contribution in [0.3, 0.4) is 0 Å². The molecular formula is C15H24N2O2. The van der Waals surface area contributed by atoms with Gasteiger partial charge in [-0.15, -0.1) is 0 Å². The predicted molar refractivity (Wildman–Crippen MR) is 76.8 cm³/mol. The molecule has 1 saturated heterocycles. The molecule has 1 fully saturated rings. The van der Waals surface area contributed by atoms with Crippen LogP contribution in [0.25, 0.3) is 0 Å². The lowest BCUT2D eigenvalue weighted by Gasteiger charge is -2.21. The zero-order valence-electron chi connectivity index (χ0n) is 12.0. The van der Waals surface area contributed by atoms with Crippen molar-refractivity contribution in [3.63, 3.8) is 0 Å². The Morgan fingerprint density at radius 1 is 1.37 bits per heavy atom. The Kier molecular flexibility index (Phi) is 4.66. The van der Waals surface area contributed by atoms with Gasteiger partial charge < -0.3 is 20.5 Å². The molecule has 0 bridgehead atoms. The molecule has 1 aliphatic rings. The third-order valence-corrected chi connectivity index (χ3v) is 3.96. The lowest BCUT2D eigenvalue weighted by Crippen LogP contribution is -2.18. The van der Waals surface area contributed by atoms with Crippen molar-refractivity contribution in [2.75, 3.05) is 27.3 Å². The minimum atomic E-state index is 0.0180. The number of nitrogens with two attached hydrogens (primary N) is 1. The highest BCUT2D eigenvalue weighted by Gasteiger charge is 2.22. The number of ether oxygens (including phenoxy) is 2. The SMILES string of the molecule is COc1ccc(C(N)CC2CCNC2)c(OC)c1C. The normalized spacial score (nSPS) is 20.3. The maximum absolute atomic E-state index is 6.36. The standard InChI is InChI=1S/C15H24N2O2/c1-10-14(18-2)5-4-12(15(10)19-3)13(16)8-11-6-7-17-9-11/h4-5,11,13,17H,6-9,16H2,1-3H3. The molecule has 4 heteroatoms. The Hall–Kier alpha value is -1.26. The summed E-state index contributed by atoms with van der Waals surface area (Å²) in [7, 11) is 3.36. The zero-order chi connectivity index (χ0) is 13.8. The van der Waals surface area contributed by atoms with Gasteiger partial charge >= 0.3 is 0 Å². The number of nitrogens with one attached hydrogen (secondary N) is 1. The number of rotatable bonds is 5. The van der Waals surface area contributed by atoms with E-state index in [1.807, 2.05) is 19.1 Å². The highest BCUT2D eigenvalue weighted by atomic mass is 16.5. The molecule has 2 atom stereocenters. The fraction of sp³-hybridized carbons (Fsp3) is 0.600. The van der Waals surface area contributed by atoms with Crippen LogP contribution in [0.5, 0.6) is 11.5 Å². The van der Waals surface area contributed by atoms with Crippen molar-refractivity contribution in [1.82, 2.24) is 5.32 Å². The van der Waals surface area contributed by atoms with Crippen molar-refractivity contribution in [1.29, 1.82) is 0 Å². The fourth-order valence-corrected chi connectivity index (χ4v) is 2.88. The monoisotopic (exact) mass is 264 g/mol. The molecule has 3 N–H and O–H groups in total. The van der Waals surface area contributed by atoms with Crippen molar-refractivity contribution >= 4 is 0 Å². The van der Waals surface area contributed by atoms with E-state index in [1.54, 1.807) is 14.2 Å². The van der Waals surface area contributed by atoms with E-state index in [1.165, 1.54) is 6.42 Å². The topological polar surface area (TPSA) is 56.5 Å². The number of hydrogen-bond acceptors (Lipinski definition) is 4. The summed E-state index contributed by atoms with van der Waals surface area (Å²) >= 11 is 0. The predicted octanol–water partition coefficient (Wildman–Crippen LogP) is 2.01. The first-order valence-electron chi connectivity index (χ1n) is 6.85. The van der Waals surface area contributed by atoms with Gasteiger partial charge in [0.25, 0.3) is 0 Å². The van der Waals surface area contributed by atoms with Crippen LogP contribution in [0, 0.1) is 12.8 Å². The minimum Gasteiger partial charge on any atom is -0.496 e. The average molecular weight is 264 g/mol. The van der Waals surface area contributed by atoms with E-state index < -0.39 is 0 Å². The lowest BCUT2D eigenvalue weighted by molar-refractivity contribution is 0.378. The van der Waals surface area contributed by atoms with Crippen LogP contribution in [0.4, 0.5) is 0 Å².